The minimum atomic E-state index is -0.0768. The van der Waals surface area contributed by atoms with Crippen LogP contribution in [0.1, 0.15) is 5.56 Å². The molecular formula is C17H16N2O3. The molecule has 5 nitrogen and oxygen atoms in total. The number of anilines is 2. The third-order valence-electron chi connectivity index (χ3n) is 3.67. The van der Waals surface area contributed by atoms with Gasteiger partial charge in [-0.1, -0.05) is 23.8 Å². The standard InChI is InChI=1S/C17H16N2O3/c1-13-5-7-14(8-6-13)18-9-10-19(17(18)21)15-3-2-4-16(11-15)22-12-20/h2-8,11-12H,9-10H2,1H3. The molecule has 0 saturated carbocycles. The molecule has 2 aromatic carbocycles. The Bertz CT molecular complexity index is 697. The summed E-state index contributed by atoms with van der Waals surface area (Å²) in [6, 6.07) is 14.7. The Labute approximate surface area is 128 Å². The van der Waals surface area contributed by atoms with Crippen LogP contribution in [0.5, 0.6) is 5.75 Å². The summed E-state index contributed by atoms with van der Waals surface area (Å²) in [5, 5.41) is 0. The Morgan fingerprint density at radius 2 is 1.68 bits per heavy atom. The predicted octanol–water partition coefficient (Wildman–Crippen LogP) is 2.98. The van der Waals surface area contributed by atoms with Crippen molar-refractivity contribution in [2.24, 2.45) is 0 Å². The van der Waals surface area contributed by atoms with Crippen LogP contribution >= 0.6 is 0 Å². The Kier molecular flexibility index (Phi) is 3.78. The molecule has 1 aliphatic heterocycles. The smallest absolute Gasteiger partial charge is 0.329 e. The van der Waals surface area contributed by atoms with Gasteiger partial charge in [0.15, 0.2) is 0 Å². The van der Waals surface area contributed by atoms with Crippen LogP contribution in [0.15, 0.2) is 48.5 Å². The van der Waals surface area contributed by atoms with Crippen molar-refractivity contribution in [2.75, 3.05) is 22.9 Å². The summed E-state index contributed by atoms with van der Waals surface area (Å²) in [5.41, 5.74) is 2.77. The molecule has 0 N–H and O–H groups in total. The van der Waals surface area contributed by atoms with Crippen molar-refractivity contribution < 1.29 is 14.3 Å². The highest BCUT2D eigenvalue weighted by atomic mass is 16.5. The minimum absolute atomic E-state index is 0.0768. The van der Waals surface area contributed by atoms with Gasteiger partial charge in [0.1, 0.15) is 5.75 Å². The van der Waals surface area contributed by atoms with Crippen LogP contribution in [0.2, 0.25) is 0 Å². The highest BCUT2D eigenvalue weighted by Crippen LogP contribution is 2.27. The average molecular weight is 296 g/mol. The summed E-state index contributed by atoms with van der Waals surface area (Å²) in [5.74, 6) is 0.425. The third-order valence-corrected chi connectivity index (χ3v) is 3.67. The molecule has 2 aromatic rings. The first-order valence-electron chi connectivity index (χ1n) is 7.05. The van der Waals surface area contributed by atoms with Crippen molar-refractivity contribution in [1.82, 2.24) is 0 Å². The van der Waals surface area contributed by atoms with Crippen LogP contribution in [-0.4, -0.2) is 25.6 Å². The Hall–Kier alpha value is -2.82. The molecule has 0 aromatic heterocycles. The Balaban J connectivity index is 1.82. The van der Waals surface area contributed by atoms with Crippen molar-refractivity contribution in [1.29, 1.82) is 0 Å². The van der Waals surface area contributed by atoms with E-state index in [-0.39, 0.29) is 6.03 Å². The number of carbonyl (C=O) groups is 2. The molecule has 112 valence electrons. The van der Waals surface area contributed by atoms with E-state index >= 15 is 0 Å². The van der Waals surface area contributed by atoms with Gasteiger partial charge < -0.3 is 4.74 Å². The zero-order chi connectivity index (χ0) is 15.5. The minimum Gasteiger partial charge on any atom is -0.429 e. The van der Waals surface area contributed by atoms with Gasteiger partial charge in [0.25, 0.3) is 6.47 Å². The lowest BCUT2D eigenvalue weighted by molar-refractivity contribution is -0.120. The van der Waals surface area contributed by atoms with Crippen molar-refractivity contribution in [3.8, 4) is 5.75 Å². The Morgan fingerprint density at radius 3 is 2.36 bits per heavy atom. The van der Waals surface area contributed by atoms with Crippen molar-refractivity contribution in [3.63, 3.8) is 0 Å². The fourth-order valence-electron chi connectivity index (χ4n) is 2.52. The number of ether oxygens (including phenoxy) is 1. The maximum absolute atomic E-state index is 12.6. The van der Waals surface area contributed by atoms with E-state index < -0.39 is 0 Å². The van der Waals surface area contributed by atoms with E-state index in [1.54, 1.807) is 28.0 Å². The van der Waals surface area contributed by atoms with Gasteiger partial charge in [0.2, 0.25) is 0 Å². The molecule has 1 aliphatic rings. The van der Waals surface area contributed by atoms with E-state index in [1.807, 2.05) is 37.3 Å². The first-order chi connectivity index (χ1) is 10.7. The van der Waals surface area contributed by atoms with Crippen molar-refractivity contribution in [2.45, 2.75) is 6.92 Å². The fraction of sp³-hybridized carbons (Fsp3) is 0.176. The highest BCUT2D eigenvalue weighted by molar-refractivity contribution is 6.06. The monoisotopic (exact) mass is 296 g/mol. The number of carbonyl (C=O) groups excluding carboxylic acids is 2. The molecule has 1 saturated heterocycles. The van der Waals surface area contributed by atoms with Gasteiger partial charge in [-0.2, -0.15) is 0 Å². The fourth-order valence-corrected chi connectivity index (χ4v) is 2.52. The zero-order valence-electron chi connectivity index (χ0n) is 12.2. The van der Waals surface area contributed by atoms with Crippen LogP contribution < -0.4 is 14.5 Å². The average Bonchev–Trinajstić information content (AvgIpc) is 2.90. The summed E-state index contributed by atoms with van der Waals surface area (Å²) in [6.07, 6.45) is 0. The molecule has 1 heterocycles. The molecule has 3 rings (SSSR count). The van der Waals surface area contributed by atoms with Crippen LogP contribution in [0.25, 0.3) is 0 Å². The molecular weight excluding hydrogens is 280 g/mol. The number of benzene rings is 2. The molecule has 0 radical (unpaired) electrons. The molecule has 2 amide bonds. The molecule has 1 fully saturated rings. The summed E-state index contributed by atoms with van der Waals surface area (Å²) in [7, 11) is 0. The quantitative estimate of drug-likeness (QED) is 0.815. The van der Waals surface area contributed by atoms with E-state index in [0.29, 0.717) is 25.3 Å². The van der Waals surface area contributed by atoms with Crippen LogP contribution in [0.4, 0.5) is 16.2 Å². The number of nitrogens with zero attached hydrogens (tertiary/aromatic N) is 2. The Morgan fingerprint density at radius 1 is 1.00 bits per heavy atom. The van der Waals surface area contributed by atoms with E-state index in [1.165, 1.54) is 0 Å². The topological polar surface area (TPSA) is 49.9 Å². The maximum Gasteiger partial charge on any atom is 0.329 e. The van der Waals surface area contributed by atoms with Gasteiger partial charge in [-0.3, -0.25) is 14.6 Å². The lowest BCUT2D eigenvalue weighted by atomic mass is 10.2. The van der Waals surface area contributed by atoms with Gasteiger partial charge in [-0.25, -0.2) is 4.79 Å². The number of aryl methyl sites for hydroxylation is 1. The normalized spacial score (nSPS) is 14.3. The summed E-state index contributed by atoms with van der Waals surface area (Å²) in [6.45, 7) is 3.61. The zero-order valence-corrected chi connectivity index (χ0v) is 12.2. The van der Waals surface area contributed by atoms with Crippen LogP contribution in [-0.2, 0) is 4.79 Å². The van der Waals surface area contributed by atoms with Crippen LogP contribution in [0.3, 0.4) is 0 Å². The van der Waals surface area contributed by atoms with Gasteiger partial charge in [-0.05, 0) is 31.2 Å². The van der Waals surface area contributed by atoms with Gasteiger partial charge in [-0.15, -0.1) is 0 Å². The van der Waals surface area contributed by atoms with E-state index in [9.17, 15) is 9.59 Å². The summed E-state index contributed by atoms with van der Waals surface area (Å²) >= 11 is 0. The first-order valence-corrected chi connectivity index (χ1v) is 7.05. The number of amides is 2. The molecule has 0 unspecified atom stereocenters. The van der Waals surface area contributed by atoms with Crippen molar-refractivity contribution in [3.05, 3.63) is 54.1 Å². The number of urea groups is 1. The SMILES string of the molecule is Cc1ccc(N2CCN(c3cccc(OC=O)c3)C2=O)cc1. The highest BCUT2D eigenvalue weighted by Gasteiger charge is 2.30. The van der Waals surface area contributed by atoms with E-state index in [4.69, 9.17) is 4.74 Å². The van der Waals surface area contributed by atoms with Crippen LogP contribution in [0, 0.1) is 6.92 Å². The maximum atomic E-state index is 12.6. The third kappa shape index (κ3) is 2.65. The van der Waals surface area contributed by atoms with Crippen molar-refractivity contribution >= 4 is 23.9 Å². The molecule has 0 aliphatic carbocycles. The molecule has 0 atom stereocenters. The molecule has 5 heteroatoms. The van der Waals surface area contributed by atoms with Gasteiger partial charge in [0.05, 0.1) is 0 Å². The lowest BCUT2D eigenvalue weighted by Crippen LogP contribution is -2.31. The second-order valence-corrected chi connectivity index (χ2v) is 5.13. The summed E-state index contributed by atoms with van der Waals surface area (Å²) in [4.78, 5) is 26.4. The lowest BCUT2D eigenvalue weighted by Gasteiger charge is -2.19. The second-order valence-electron chi connectivity index (χ2n) is 5.13. The number of rotatable bonds is 4. The molecule has 22 heavy (non-hydrogen) atoms. The first kappa shape index (κ1) is 14.1. The number of hydrogen-bond donors (Lipinski definition) is 0. The predicted molar refractivity (Wildman–Crippen MR) is 84.4 cm³/mol. The largest absolute Gasteiger partial charge is 0.429 e. The molecule has 0 bridgehead atoms. The van der Waals surface area contributed by atoms with E-state index in [2.05, 4.69) is 0 Å². The summed E-state index contributed by atoms with van der Waals surface area (Å²) < 4.78 is 4.83. The number of hydrogen-bond acceptors (Lipinski definition) is 3. The van der Waals surface area contributed by atoms with Gasteiger partial charge in [0, 0.05) is 30.5 Å². The van der Waals surface area contributed by atoms with E-state index in [0.717, 1.165) is 16.9 Å². The molecule has 0 spiro atoms. The van der Waals surface area contributed by atoms with Gasteiger partial charge >= 0.3 is 6.03 Å². The second kappa shape index (κ2) is 5.89.